The van der Waals surface area contributed by atoms with Crippen LogP contribution in [0.1, 0.15) is 12.5 Å². The molecule has 7 heteroatoms. The normalized spacial score (nSPS) is 11.1. The summed E-state index contributed by atoms with van der Waals surface area (Å²) < 4.78 is 21.1. The molecule has 122 valence electrons. The lowest BCUT2D eigenvalue weighted by atomic mass is 10.2. The Morgan fingerprint density at radius 3 is 2.71 bits per heavy atom. The Labute approximate surface area is 143 Å². The largest absolute Gasteiger partial charge is 0.494 e. The highest BCUT2D eigenvalue weighted by Gasteiger charge is 2.12. The molecule has 0 fully saturated rings. The average Bonchev–Trinajstić information content (AvgIpc) is 2.96. The first-order valence-electron chi connectivity index (χ1n) is 7.38. The van der Waals surface area contributed by atoms with Gasteiger partial charge in [0.1, 0.15) is 11.6 Å². The summed E-state index contributed by atoms with van der Waals surface area (Å²) in [5.41, 5.74) is 1.19. The highest BCUT2D eigenvalue weighted by molar-refractivity contribution is 7.71. The van der Waals surface area contributed by atoms with Gasteiger partial charge in [0.05, 0.1) is 18.4 Å². The number of nitrogens with one attached hydrogen (secondary N) is 1. The number of H-pyrrole nitrogens is 1. The fourth-order valence-electron chi connectivity index (χ4n) is 2.16. The van der Waals surface area contributed by atoms with Crippen LogP contribution < -0.4 is 4.74 Å². The summed E-state index contributed by atoms with van der Waals surface area (Å²) in [6, 6.07) is 13.8. The van der Waals surface area contributed by atoms with Crippen LogP contribution in [0.4, 0.5) is 4.39 Å². The zero-order valence-corrected chi connectivity index (χ0v) is 13.8. The van der Waals surface area contributed by atoms with Gasteiger partial charge in [-0.2, -0.15) is 14.9 Å². The van der Waals surface area contributed by atoms with Crippen molar-refractivity contribution >= 4 is 18.4 Å². The summed E-state index contributed by atoms with van der Waals surface area (Å²) >= 11 is 5.18. The van der Waals surface area contributed by atoms with Gasteiger partial charge in [-0.1, -0.05) is 12.1 Å². The maximum Gasteiger partial charge on any atom is 0.216 e. The molecule has 0 atom stereocenters. The van der Waals surface area contributed by atoms with Crippen LogP contribution in [0.2, 0.25) is 0 Å². The third-order valence-corrected chi connectivity index (χ3v) is 3.54. The van der Waals surface area contributed by atoms with Crippen LogP contribution in [-0.2, 0) is 0 Å². The number of aromatic amines is 1. The van der Waals surface area contributed by atoms with Crippen molar-refractivity contribution in [3.63, 3.8) is 0 Å². The molecule has 24 heavy (non-hydrogen) atoms. The first-order chi connectivity index (χ1) is 11.7. The topological polar surface area (TPSA) is 55.2 Å². The predicted molar refractivity (Wildman–Crippen MR) is 93.4 cm³/mol. The minimum atomic E-state index is -0.385. The van der Waals surface area contributed by atoms with E-state index in [-0.39, 0.29) is 10.6 Å². The van der Waals surface area contributed by atoms with E-state index in [0.29, 0.717) is 18.0 Å². The lowest BCUT2D eigenvalue weighted by Crippen LogP contribution is -1.97. The van der Waals surface area contributed by atoms with Crippen molar-refractivity contribution in [1.82, 2.24) is 14.9 Å². The van der Waals surface area contributed by atoms with Crippen LogP contribution in [0, 0.1) is 10.6 Å². The summed E-state index contributed by atoms with van der Waals surface area (Å²) in [6.07, 6.45) is 1.63. The second-order valence-corrected chi connectivity index (χ2v) is 5.28. The van der Waals surface area contributed by atoms with Gasteiger partial charge in [0.25, 0.3) is 0 Å². The van der Waals surface area contributed by atoms with Gasteiger partial charge in [-0.05, 0) is 61.1 Å². The molecule has 0 spiro atoms. The number of hydrogen-bond donors (Lipinski definition) is 1. The molecule has 1 aromatic heterocycles. The third-order valence-electron chi connectivity index (χ3n) is 3.28. The van der Waals surface area contributed by atoms with Crippen LogP contribution in [-0.4, -0.2) is 27.7 Å². The Morgan fingerprint density at radius 2 is 2.00 bits per heavy atom. The molecular formula is C17H15FN4OS. The first kappa shape index (κ1) is 16.1. The van der Waals surface area contributed by atoms with Gasteiger partial charge in [-0.25, -0.2) is 9.49 Å². The molecule has 0 aliphatic heterocycles. The monoisotopic (exact) mass is 342 g/mol. The van der Waals surface area contributed by atoms with Crippen LogP contribution in [0.3, 0.4) is 0 Å². The summed E-state index contributed by atoms with van der Waals surface area (Å²) in [5, 5.41) is 11.0. The fraction of sp³-hybridized carbons (Fsp3) is 0.118. The minimum absolute atomic E-state index is 0.287. The molecule has 0 saturated heterocycles. The Bertz CT molecular complexity index is 915. The maximum atomic E-state index is 14.0. The second-order valence-electron chi connectivity index (χ2n) is 4.89. The van der Waals surface area contributed by atoms with E-state index in [0.717, 1.165) is 11.3 Å². The number of ether oxygens (including phenoxy) is 1. The van der Waals surface area contributed by atoms with Crippen LogP contribution in [0.5, 0.6) is 5.75 Å². The van der Waals surface area contributed by atoms with Crippen molar-refractivity contribution in [3.8, 4) is 17.1 Å². The molecule has 0 bridgehead atoms. The lowest BCUT2D eigenvalue weighted by molar-refractivity contribution is 0.340. The Morgan fingerprint density at radius 1 is 1.25 bits per heavy atom. The molecule has 1 heterocycles. The number of halogens is 1. The van der Waals surface area contributed by atoms with E-state index in [2.05, 4.69) is 15.3 Å². The highest BCUT2D eigenvalue weighted by Crippen LogP contribution is 2.20. The van der Waals surface area contributed by atoms with Crippen molar-refractivity contribution in [1.29, 1.82) is 0 Å². The zero-order valence-electron chi connectivity index (χ0n) is 12.9. The third kappa shape index (κ3) is 3.41. The summed E-state index contributed by atoms with van der Waals surface area (Å²) in [7, 11) is 0. The zero-order chi connectivity index (χ0) is 16.9. The molecule has 5 nitrogen and oxygen atoms in total. The molecule has 2 aromatic carbocycles. The number of benzene rings is 2. The molecule has 1 N–H and O–H groups in total. The molecule has 0 aliphatic carbocycles. The Kier molecular flexibility index (Phi) is 4.81. The summed E-state index contributed by atoms with van der Waals surface area (Å²) in [6.45, 7) is 2.55. The number of aromatic nitrogens is 3. The van der Waals surface area contributed by atoms with Gasteiger partial charge in [-0.3, -0.25) is 0 Å². The Balaban J connectivity index is 1.92. The van der Waals surface area contributed by atoms with Crippen LogP contribution in [0.25, 0.3) is 11.4 Å². The van der Waals surface area contributed by atoms with Crippen molar-refractivity contribution in [3.05, 3.63) is 64.7 Å². The van der Waals surface area contributed by atoms with Crippen LogP contribution >= 0.6 is 12.2 Å². The van der Waals surface area contributed by atoms with E-state index in [9.17, 15) is 4.39 Å². The van der Waals surface area contributed by atoms with E-state index in [1.807, 2.05) is 31.2 Å². The SMILES string of the molecule is CCOc1ccc(/C=N/n2c(-c3ccccc3F)n[nH]c2=S)cc1. The molecule has 0 amide bonds. The van der Waals surface area contributed by atoms with E-state index in [1.165, 1.54) is 10.7 Å². The smallest absolute Gasteiger partial charge is 0.216 e. The Hall–Kier alpha value is -2.80. The minimum Gasteiger partial charge on any atom is -0.494 e. The van der Waals surface area contributed by atoms with Crippen molar-refractivity contribution in [2.75, 3.05) is 6.61 Å². The average molecular weight is 342 g/mol. The van der Waals surface area contributed by atoms with Gasteiger partial charge >= 0.3 is 0 Å². The molecule has 0 saturated carbocycles. The lowest BCUT2D eigenvalue weighted by Gasteiger charge is -2.03. The van der Waals surface area contributed by atoms with Gasteiger partial charge in [0, 0.05) is 0 Å². The van der Waals surface area contributed by atoms with E-state index >= 15 is 0 Å². The van der Waals surface area contributed by atoms with Crippen LogP contribution in [0.15, 0.2) is 53.6 Å². The van der Waals surface area contributed by atoms with E-state index in [4.69, 9.17) is 17.0 Å². The van der Waals surface area contributed by atoms with E-state index < -0.39 is 0 Å². The van der Waals surface area contributed by atoms with Gasteiger partial charge in [0.15, 0.2) is 5.82 Å². The predicted octanol–water partition coefficient (Wildman–Crippen LogP) is 4.03. The van der Waals surface area contributed by atoms with Gasteiger partial charge in [0.2, 0.25) is 4.77 Å². The molecule has 0 unspecified atom stereocenters. The van der Waals surface area contributed by atoms with Gasteiger partial charge in [-0.15, -0.1) is 0 Å². The summed E-state index contributed by atoms with van der Waals surface area (Å²) in [4.78, 5) is 0. The number of rotatable bonds is 5. The molecule has 0 radical (unpaired) electrons. The molecular weight excluding hydrogens is 327 g/mol. The quantitative estimate of drug-likeness (QED) is 0.563. The standard InChI is InChI=1S/C17H15FN4OS/c1-2-23-13-9-7-12(8-10-13)11-19-22-16(20-21-17(22)24)14-5-3-4-6-15(14)18/h3-11H,2H2,1H3,(H,21,24)/b19-11+. The van der Waals surface area contributed by atoms with Crippen molar-refractivity contribution in [2.24, 2.45) is 5.10 Å². The first-order valence-corrected chi connectivity index (χ1v) is 7.79. The van der Waals surface area contributed by atoms with Gasteiger partial charge < -0.3 is 4.74 Å². The van der Waals surface area contributed by atoms with Crippen molar-refractivity contribution < 1.29 is 9.13 Å². The van der Waals surface area contributed by atoms with E-state index in [1.54, 1.807) is 24.4 Å². The maximum absolute atomic E-state index is 14.0. The molecule has 0 aliphatic rings. The number of nitrogens with zero attached hydrogens (tertiary/aromatic N) is 3. The van der Waals surface area contributed by atoms with Crippen molar-refractivity contribution in [2.45, 2.75) is 6.92 Å². The molecule has 3 rings (SSSR count). The fourth-order valence-corrected chi connectivity index (χ4v) is 2.34. The number of hydrogen-bond acceptors (Lipinski definition) is 4. The summed E-state index contributed by atoms with van der Waals surface area (Å²) in [5.74, 6) is 0.728. The second kappa shape index (κ2) is 7.18. The molecule has 3 aromatic rings. The highest BCUT2D eigenvalue weighted by atomic mass is 32.1.